The van der Waals surface area contributed by atoms with Crippen molar-refractivity contribution >= 4 is 5.91 Å². The second-order valence-corrected chi connectivity index (χ2v) is 6.22. The predicted molar refractivity (Wildman–Crippen MR) is 80.0 cm³/mol. The molecular weight excluding hydrogens is 236 g/mol. The third kappa shape index (κ3) is 4.06. The average molecular weight is 262 g/mol. The van der Waals surface area contributed by atoms with Crippen LogP contribution in [-0.2, 0) is 11.3 Å². The number of nitrogens with zero attached hydrogens (tertiary/aromatic N) is 1. The first-order valence-electron chi connectivity index (χ1n) is 6.76. The van der Waals surface area contributed by atoms with Crippen LogP contribution in [0.5, 0.6) is 0 Å². The Morgan fingerprint density at radius 3 is 2.42 bits per heavy atom. The van der Waals surface area contributed by atoms with Gasteiger partial charge in [-0.15, -0.1) is 0 Å². The highest BCUT2D eigenvalue weighted by molar-refractivity contribution is 5.84. The van der Waals surface area contributed by atoms with E-state index in [9.17, 15) is 4.79 Å². The third-order valence-electron chi connectivity index (χ3n) is 3.35. The van der Waals surface area contributed by atoms with Gasteiger partial charge in [0.15, 0.2) is 0 Å². The standard InChI is InChI=1S/C16H26N2O/c1-11(2)13-8-7-12(3)14(9-13)10-18(6)15(19)16(4,5)17/h7-9,11H,10,17H2,1-6H3. The van der Waals surface area contributed by atoms with E-state index in [-0.39, 0.29) is 5.91 Å². The first kappa shape index (κ1) is 15.7. The van der Waals surface area contributed by atoms with Gasteiger partial charge in [0, 0.05) is 13.6 Å². The minimum Gasteiger partial charge on any atom is -0.340 e. The zero-order valence-electron chi connectivity index (χ0n) is 12.9. The highest BCUT2D eigenvalue weighted by Crippen LogP contribution is 2.20. The maximum absolute atomic E-state index is 12.1. The third-order valence-corrected chi connectivity index (χ3v) is 3.35. The minimum atomic E-state index is -0.821. The summed E-state index contributed by atoms with van der Waals surface area (Å²) in [4.78, 5) is 13.8. The zero-order chi connectivity index (χ0) is 14.8. The molecule has 0 aromatic heterocycles. The van der Waals surface area contributed by atoms with Crippen LogP contribution in [0.1, 0.15) is 50.3 Å². The first-order chi connectivity index (χ1) is 8.62. The van der Waals surface area contributed by atoms with Crippen LogP contribution >= 0.6 is 0 Å². The second kappa shape index (κ2) is 5.74. The first-order valence-corrected chi connectivity index (χ1v) is 6.76. The van der Waals surface area contributed by atoms with Gasteiger partial charge in [0.2, 0.25) is 5.91 Å². The fourth-order valence-corrected chi connectivity index (χ4v) is 2.04. The van der Waals surface area contributed by atoms with Gasteiger partial charge in [0.1, 0.15) is 0 Å². The molecule has 1 rings (SSSR count). The average Bonchev–Trinajstić information content (AvgIpc) is 2.29. The second-order valence-electron chi connectivity index (χ2n) is 6.22. The molecule has 3 heteroatoms. The van der Waals surface area contributed by atoms with Crippen molar-refractivity contribution in [2.45, 2.75) is 52.6 Å². The van der Waals surface area contributed by atoms with Gasteiger partial charge < -0.3 is 10.6 Å². The lowest BCUT2D eigenvalue weighted by Gasteiger charge is -2.26. The lowest BCUT2D eigenvalue weighted by molar-refractivity contribution is -0.135. The van der Waals surface area contributed by atoms with E-state index in [0.717, 1.165) is 0 Å². The van der Waals surface area contributed by atoms with E-state index in [4.69, 9.17) is 5.73 Å². The van der Waals surface area contributed by atoms with Gasteiger partial charge in [-0.3, -0.25) is 4.79 Å². The van der Waals surface area contributed by atoms with Crippen molar-refractivity contribution in [3.05, 3.63) is 34.9 Å². The minimum absolute atomic E-state index is 0.0400. The molecule has 2 N–H and O–H groups in total. The molecule has 0 aliphatic carbocycles. The van der Waals surface area contributed by atoms with Crippen molar-refractivity contribution in [3.63, 3.8) is 0 Å². The number of likely N-dealkylation sites (N-methyl/N-ethyl adjacent to an activating group) is 1. The van der Waals surface area contributed by atoms with Crippen LogP contribution in [-0.4, -0.2) is 23.4 Å². The van der Waals surface area contributed by atoms with Gasteiger partial charge in [-0.1, -0.05) is 32.0 Å². The summed E-state index contributed by atoms with van der Waals surface area (Å²) in [5.41, 5.74) is 8.73. The Morgan fingerprint density at radius 2 is 1.95 bits per heavy atom. The molecule has 0 saturated carbocycles. The molecule has 19 heavy (non-hydrogen) atoms. The SMILES string of the molecule is Cc1ccc(C(C)C)cc1CN(C)C(=O)C(C)(C)N. The monoisotopic (exact) mass is 262 g/mol. The summed E-state index contributed by atoms with van der Waals surface area (Å²) in [5.74, 6) is 0.452. The van der Waals surface area contributed by atoms with Crippen molar-refractivity contribution in [1.29, 1.82) is 0 Å². The Morgan fingerprint density at radius 1 is 1.37 bits per heavy atom. The number of carbonyl (C=O) groups is 1. The number of nitrogens with two attached hydrogens (primary N) is 1. The summed E-state index contributed by atoms with van der Waals surface area (Å²) < 4.78 is 0. The highest BCUT2D eigenvalue weighted by atomic mass is 16.2. The molecule has 0 heterocycles. The predicted octanol–water partition coefficient (Wildman–Crippen LogP) is 2.81. The van der Waals surface area contributed by atoms with Crippen LogP contribution in [0.3, 0.4) is 0 Å². The van der Waals surface area contributed by atoms with Crippen LogP contribution in [0.25, 0.3) is 0 Å². The van der Waals surface area contributed by atoms with Crippen LogP contribution in [0, 0.1) is 6.92 Å². The summed E-state index contributed by atoms with van der Waals surface area (Å²) in [5, 5.41) is 0. The number of benzene rings is 1. The normalized spacial score (nSPS) is 11.8. The summed E-state index contributed by atoms with van der Waals surface area (Å²) in [6.07, 6.45) is 0. The van der Waals surface area contributed by atoms with E-state index in [2.05, 4.69) is 39.0 Å². The lowest BCUT2D eigenvalue weighted by Crippen LogP contribution is -2.49. The van der Waals surface area contributed by atoms with E-state index in [1.807, 2.05) is 0 Å². The number of hydrogen-bond acceptors (Lipinski definition) is 2. The Hall–Kier alpha value is -1.35. The van der Waals surface area contributed by atoms with Gasteiger partial charge in [-0.05, 0) is 43.4 Å². The Balaban J connectivity index is 2.93. The fraction of sp³-hybridized carbons (Fsp3) is 0.562. The smallest absolute Gasteiger partial charge is 0.242 e. The summed E-state index contributed by atoms with van der Waals surface area (Å²) in [6, 6.07) is 6.46. The Kier molecular flexibility index (Phi) is 4.75. The van der Waals surface area contributed by atoms with E-state index < -0.39 is 5.54 Å². The van der Waals surface area contributed by atoms with E-state index >= 15 is 0 Å². The molecule has 106 valence electrons. The van der Waals surface area contributed by atoms with Crippen molar-refractivity contribution in [3.8, 4) is 0 Å². The molecule has 0 fully saturated rings. The number of hydrogen-bond donors (Lipinski definition) is 1. The van der Waals surface area contributed by atoms with Crippen LogP contribution < -0.4 is 5.73 Å². The molecule has 1 aromatic carbocycles. The van der Waals surface area contributed by atoms with Gasteiger partial charge in [-0.25, -0.2) is 0 Å². The molecule has 0 spiro atoms. The van der Waals surface area contributed by atoms with Crippen molar-refractivity contribution in [2.24, 2.45) is 5.73 Å². The molecule has 1 amide bonds. The van der Waals surface area contributed by atoms with Crippen molar-refractivity contribution in [1.82, 2.24) is 4.90 Å². The molecule has 0 aliphatic rings. The summed E-state index contributed by atoms with van der Waals surface area (Å²) in [7, 11) is 1.80. The molecule has 0 unspecified atom stereocenters. The molecule has 0 bridgehead atoms. The molecule has 0 aliphatic heterocycles. The summed E-state index contributed by atoms with van der Waals surface area (Å²) in [6.45, 7) is 10.5. The van der Waals surface area contributed by atoms with E-state index in [0.29, 0.717) is 12.5 Å². The maximum Gasteiger partial charge on any atom is 0.242 e. The fourth-order valence-electron chi connectivity index (χ4n) is 2.04. The molecule has 0 atom stereocenters. The topological polar surface area (TPSA) is 46.3 Å². The van der Waals surface area contributed by atoms with Crippen LogP contribution in [0.4, 0.5) is 0 Å². The largest absolute Gasteiger partial charge is 0.340 e. The number of carbonyl (C=O) groups excluding carboxylic acids is 1. The summed E-state index contributed by atoms with van der Waals surface area (Å²) >= 11 is 0. The zero-order valence-corrected chi connectivity index (χ0v) is 12.9. The van der Waals surface area contributed by atoms with Gasteiger partial charge in [0.05, 0.1) is 5.54 Å². The Labute approximate surface area is 116 Å². The van der Waals surface area contributed by atoms with E-state index in [1.165, 1.54) is 16.7 Å². The maximum atomic E-state index is 12.1. The number of amides is 1. The molecule has 0 saturated heterocycles. The highest BCUT2D eigenvalue weighted by Gasteiger charge is 2.25. The van der Waals surface area contributed by atoms with Gasteiger partial charge in [0.25, 0.3) is 0 Å². The lowest BCUT2D eigenvalue weighted by atomic mass is 9.97. The van der Waals surface area contributed by atoms with Crippen LogP contribution in [0.15, 0.2) is 18.2 Å². The van der Waals surface area contributed by atoms with Crippen LogP contribution in [0.2, 0.25) is 0 Å². The molecule has 0 radical (unpaired) electrons. The quantitative estimate of drug-likeness (QED) is 0.907. The number of aryl methyl sites for hydroxylation is 1. The molecule has 1 aromatic rings. The molecular formula is C16H26N2O. The van der Waals surface area contributed by atoms with Gasteiger partial charge in [-0.2, -0.15) is 0 Å². The van der Waals surface area contributed by atoms with E-state index in [1.54, 1.807) is 25.8 Å². The van der Waals surface area contributed by atoms with Crippen molar-refractivity contribution < 1.29 is 4.79 Å². The van der Waals surface area contributed by atoms with Crippen molar-refractivity contribution in [2.75, 3.05) is 7.05 Å². The Bertz CT molecular complexity index is 458. The molecule has 3 nitrogen and oxygen atoms in total. The number of rotatable bonds is 4. The van der Waals surface area contributed by atoms with Gasteiger partial charge >= 0.3 is 0 Å².